The summed E-state index contributed by atoms with van der Waals surface area (Å²) in [5.74, 6) is 0.675. The highest BCUT2D eigenvalue weighted by Gasteiger charge is 2.25. The van der Waals surface area contributed by atoms with E-state index >= 15 is 0 Å². The van der Waals surface area contributed by atoms with Gasteiger partial charge in [0.25, 0.3) is 0 Å². The van der Waals surface area contributed by atoms with Crippen molar-refractivity contribution in [3.8, 4) is 5.75 Å². The van der Waals surface area contributed by atoms with Gasteiger partial charge < -0.3 is 20.7 Å². The van der Waals surface area contributed by atoms with Crippen molar-refractivity contribution in [3.05, 3.63) is 29.8 Å². The molecule has 0 spiro atoms. The summed E-state index contributed by atoms with van der Waals surface area (Å²) in [6.07, 6.45) is 1.48. The van der Waals surface area contributed by atoms with E-state index in [1.807, 2.05) is 0 Å². The van der Waals surface area contributed by atoms with Gasteiger partial charge in [-0.2, -0.15) is 0 Å². The Hall–Kier alpha value is -1.21. The molecule has 1 aromatic rings. The summed E-state index contributed by atoms with van der Waals surface area (Å²) in [4.78, 5) is 2.47. The second-order valence-electron chi connectivity index (χ2n) is 5.33. The monoisotopic (exact) mass is 310 g/mol. The van der Waals surface area contributed by atoms with Crippen LogP contribution in [0, 0.1) is 0 Å². The summed E-state index contributed by atoms with van der Waals surface area (Å²) in [7, 11) is 0. The van der Waals surface area contributed by atoms with Crippen molar-refractivity contribution in [2.24, 2.45) is 5.73 Å². The van der Waals surface area contributed by atoms with E-state index in [4.69, 9.17) is 22.7 Å². The van der Waals surface area contributed by atoms with Crippen LogP contribution >= 0.6 is 12.2 Å². The molecule has 6 heteroatoms. The lowest BCUT2D eigenvalue weighted by Gasteiger charge is -2.25. The summed E-state index contributed by atoms with van der Waals surface area (Å²) >= 11 is 4.89. The Bertz CT molecular complexity index is 466. The molecule has 0 amide bonds. The molecule has 4 N–H and O–H groups in total. The molecular weight excluding hydrogens is 288 g/mol. The molecule has 21 heavy (non-hydrogen) atoms. The Kier molecular flexibility index (Phi) is 5.93. The Morgan fingerprint density at radius 2 is 2.14 bits per heavy atom. The maximum absolute atomic E-state index is 10.0. The highest BCUT2D eigenvalue weighted by molar-refractivity contribution is 7.80. The van der Waals surface area contributed by atoms with Gasteiger partial charge in [0.1, 0.15) is 23.4 Å². The average molecular weight is 310 g/mol. The molecule has 2 unspecified atom stereocenters. The highest BCUT2D eigenvalue weighted by Crippen LogP contribution is 2.17. The molecule has 2 atom stereocenters. The second kappa shape index (κ2) is 7.70. The molecule has 0 radical (unpaired) electrons. The highest BCUT2D eigenvalue weighted by atomic mass is 32.1. The first-order chi connectivity index (χ1) is 10.1. The molecule has 1 fully saturated rings. The van der Waals surface area contributed by atoms with Crippen LogP contribution in [0.5, 0.6) is 5.75 Å². The fourth-order valence-corrected chi connectivity index (χ4v) is 2.71. The van der Waals surface area contributed by atoms with E-state index in [0.29, 0.717) is 17.3 Å². The zero-order chi connectivity index (χ0) is 15.2. The molecule has 0 aliphatic carbocycles. The summed E-state index contributed by atoms with van der Waals surface area (Å²) in [5, 5.41) is 19.3. The van der Waals surface area contributed by atoms with Gasteiger partial charge in [-0.3, -0.25) is 4.90 Å². The Morgan fingerprint density at radius 3 is 2.76 bits per heavy atom. The summed E-state index contributed by atoms with van der Waals surface area (Å²) in [5.41, 5.74) is 6.32. The second-order valence-corrected chi connectivity index (χ2v) is 5.77. The van der Waals surface area contributed by atoms with Gasteiger partial charge in [0.2, 0.25) is 0 Å². The third kappa shape index (κ3) is 4.64. The minimum Gasteiger partial charge on any atom is -0.491 e. The first-order valence-electron chi connectivity index (χ1n) is 7.16. The number of thiocarbonyl (C=S) groups is 1. The first kappa shape index (κ1) is 16.2. The molecule has 5 nitrogen and oxygen atoms in total. The van der Waals surface area contributed by atoms with E-state index < -0.39 is 6.10 Å². The molecule has 0 bridgehead atoms. The number of rotatable bonds is 7. The average Bonchev–Trinajstić information content (AvgIpc) is 2.92. The molecule has 1 saturated heterocycles. The van der Waals surface area contributed by atoms with Crippen LogP contribution < -0.4 is 10.5 Å². The fourth-order valence-electron chi connectivity index (χ4n) is 2.57. The smallest absolute Gasteiger partial charge is 0.119 e. The zero-order valence-corrected chi connectivity index (χ0v) is 12.8. The summed E-state index contributed by atoms with van der Waals surface area (Å²) < 4.78 is 5.56. The largest absolute Gasteiger partial charge is 0.491 e. The van der Waals surface area contributed by atoms with Crippen molar-refractivity contribution in [2.75, 3.05) is 26.3 Å². The number of likely N-dealkylation sites (tertiary alicyclic amines) is 1. The molecule has 1 aromatic carbocycles. The number of benzene rings is 1. The Morgan fingerprint density at radius 1 is 1.43 bits per heavy atom. The third-order valence-electron chi connectivity index (χ3n) is 3.74. The normalized spacial score (nSPS) is 20.4. The van der Waals surface area contributed by atoms with E-state index in [-0.39, 0.29) is 19.3 Å². The number of nitrogens with zero attached hydrogens (tertiary/aromatic N) is 1. The fraction of sp³-hybridized carbons (Fsp3) is 0.533. The SMILES string of the molecule is NC(=S)c1ccc(OCC(O)CN2CCCC2CO)cc1. The molecule has 1 heterocycles. The third-order valence-corrected chi connectivity index (χ3v) is 3.97. The van der Waals surface area contributed by atoms with Crippen molar-refractivity contribution in [1.82, 2.24) is 4.90 Å². The maximum Gasteiger partial charge on any atom is 0.119 e. The molecule has 0 saturated carbocycles. The number of hydrogen-bond acceptors (Lipinski definition) is 5. The number of ether oxygens (including phenoxy) is 1. The number of nitrogens with two attached hydrogens (primary N) is 1. The van der Waals surface area contributed by atoms with Crippen LogP contribution in [0.1, 0.15) is 18.4 Å². The molecule has 116 valence electrons. The number of aliphatic hydroxyl groups is 2. The van der Waals surface area contributed by atoms with E-state index in [1.54, 1.807) is 24.3 Å². The van der Waals surface area contributed by atoms with Gasteiger partial charge in [0.15, 0.2) is 0 Å². The van der Waals surface area contributed by atoms with Crippen LogP contribution in [-0.2, 0) is 0 Å². The molecular formula is C15H22N2O3S. The number of β-amino-alcohol motifs (C(OH)–C–C–N with tert-alkyl or cyclic N) is 1. The lowest BCUT2D eigenvalue weighted by atomic mass is 10.2. The molecule has 0 aromatic heterocycles. The van der Waals surface area contributed by atoms with Gasteiger partial charge in [0, 0.05) is 18.2 Å². The van der Waals surface area contributed by atoms with E-state index in [1.165, 1.54) is 0 Å². The van der Waals surface area contributed by atoms with Gasteiger partial charge in [-0.05, 0) is 43.7 Å². The van der Waals surface area contributed by atoms with Crippen LogP contribution in [0.3, 0.4) is 0 Å². The minimum atomic E-state index is -0.576. The maximum atomic E-state index is 10.0. The quantitative estimate of drug-likeness (QED) is 0.637. The molecule has 2 rings (SSSR count). The number of aliphatic hydroxyl groups excluding tert-OH is 2. The summed E-state index contributed by atoms with van der Waals surface area (Å²) in [6, 6.07) is 7.34. The van der Waals surface area contributed by atoms with Gasteiger partial charge in [-0.25, -0.2) is 0 Å². The van der Waals surface area contributed by atoms with Crippen LogP contribution in [0.15, 0.2) is 24.3 Å². The molecule has 1 aliphatic heterocycles. The van der Waals surface area contributed by atoms with Crippen molar-refractivity contribution in [1.29, 1.82) is 0 Å². The predicted molar refractivity (Wildman–Crippen MR) is 85.5 cm³/mol. The van der Waals surface area contributed by atoms with Crippen molar-refractivity contribution < 1.29 is 14.9 Å². The van der Waals surface area contributed by atoms with Crippen molar-refractivity contribution in [2.45, 2.75) is 25.0 Å². The standard InChI is InChI=1S/C15H22N2O3S/c16-15(21)11-3-5-14(6-4-11)20-10-13(19)8-17-7-1-2-12(17)9-18/h3-6,12-13,18-19H,1-2,7-10H2,(H2,16,21). The van der Waals surface area contributed by atoms with Gasteiger partial charge in [0.05, 0.1) is 6.61 Å². The van der Waals surface area contributed by atoms with Crippen LogP contribution in [0.4, 0.5) is 0 Å². The first-order valence-corrected chi connectivity index (χ1v) is 7.56. The number of hydrogen-bond donors (Lipinski definition) is 3. The topological polar surface area (TPSA) is 79.0 Å². The minimum absolute atomic E-state index is 0.147. The molecule has 1 aliphatic rings. The van der Waals surface area contributed by atoms with E-state index in [0.717, 1.165) is 24.9 Å². The zero-order valence-electron chi connectivity index (χ0n) is 11.9. The Labute approximate surface area is 130 Å². The summed E-state index contributed by atoms with van der Waals surface area (Å²) in [6.45, 7) is 1.82. The van der Waals surface area contributed by atoms with Gasteiger partial charge >= 0.3 is 0 Å². The van der Waals surface area contributed by atoms with Crippen LogP contribution in [-0.4, -0.2) is 58.6 Å². The van der Waals surface area contributed by atoms with Gasteiger partial charge in [-0.15, -0.1) is 0 Å². The van der Waals surface area contributed by atoms with E-state index in [2.05, 4.69) is 4.90 Å². The Balaban J connectivity index is 1.78. The van der Waals surface area contributed by atoms with Crippen molar-refractivity contribution >= 4 is 17.2 Å². The lowest BCUT2D eigenvalue weighted by molar-refractivity contribution is 0.0532. The van der Waals surface area contributed by atoms with E-state index in [9.17, 15) is 10.2 Å². The lowest BCUT2D eigenvalue weighted by Crippen LogP contribution is -2.40. The van der Waals surface area contributed by atoms with Crippen LogP contribution in [0.25, 0.3) is 0 Å². The van der Waals surface area contributed by atoms with Gasteiger partial charge in [-0.1, -0.05) is 12.2 Å². The van der Waals surface area contributed by atoms with Crippen LogP contribution in [0.2, 0.25) is 0 Å². The van der Waals surface area contributed by atoms with Crippen molar-refractivity contribution in [3.63, 3.8) is 0 Å². The predicted octanol–water partition coefficient (Wildman–Crippen LogP) is 0.517.